The van der Waals surface area contributed by atoms with Gasteiger partial charge in [0.2, 0.25) is 0 Å². The first kappa shape index (κ1) is 83.5. The number of halogens is 8. The molecular weight excluding hydrogens is 1700 g/mol. The second kappa shape index (κ2) is 41.9. The summed E-state index contributed by atoms with van der Waals surface area (Å²) in [4.78, 5) is 86.7. The Bertz CT molecular complexity index is 5330. The number of aromatic amines is 4. The summed E-state index contributed by atoms with van der Waals surface area (Å²) in [6.45, 7) is 3.16. The number of hydrogen-bond donors (Lipinski definition) is 8. The number of carbonyl (C=O) groups excluding carboxylic acids is 4. The minimum atomic E-state index is -0.274. The number of nitrogens with two attached hydrogens (primary N) is 1. The van der Waals surface area contributed by atoms with Crippen molar-refractivity contribution in [3.8, 4) is 34.5 Å². The van der Waals surface area contributed by atoms with Gasteiger partial charge in [-0.2, -0.15) is 9.59 Å². The van der Waals surface area contributed by atoms with Crippen LogP contribution in [0.1, 0.15) is 63.1 Å². The molecule has 16 rings (SSSR count). The molecule has 2 fully saturated rings. The largest absolute Gasteiger partial charge is 0.457 e. The Morgan fingerprint density at radius 2 is 0.936 bits per heavy atom. The van der Waals surface area contributed by atoms with Crippen molar-refractivity contribution in [3.05, 3.63) is 265 Å². The number of aliphatic hydroxyl groups is 2. The van der Waals surface area contributed by atoms with Gasteiger partial charge >= 0.3 is 6.15 Å². The van der Waals surface area contributed by atoms with Crippen LogP contribution < -0.4 is 25.3 Å². The molecule has 0 radical (unpaired) electrons. The van der Waals surface area contributed by atoms with Gasteiger partial charge in [-0.15, -0.1) is 24.0 Å². The number of aromatic nitrogens is 12. The summed E-state index contributed by atoms with van der Waals surface area (Å²) >= 11 is 39.8. The van der Waals surface area contributed by atoms with Crippen molar-refractivity contribution in [2.45, 2.75) is 56.9 Å². The summed E-state index contributed by atoms with van der Waals surface area (Å²) in [6.07, 6.45) is 16.0. The van der Waals surface area contributed by atoms with Crippen molar-refractivity contribution in [2.24, 2.45) is 5.73 Å². The highest BCUT2D eigenvalue weighted by Gasteiger charge is 2.26. The third-order valence-corrected chi connectivity index (χ3v) is 18.6. The number of ketones is 2. The van der Waals surface area contributed by atoms with Crippen LogP contribution in [0.3, 0.4) is 0 Å². The minimum absolute atomic E-state index is 0. The van der Waals surface area contributed by atoms with Crippen molar-refractivity contribution < 1.29 is 53.1 Å². The molecule has 0 amide bonds. The maximum atomic E-state index is 13.5. The van der Waals surface area contributed by atoms with Gasteiger partial charge in [-0.25, -0.2) is 39.9 Å². The molecule has 25 nitrogen and oxygen atoms in total. The zero-order valence-electron chi connectivity index (χ0n) is 57.3. The number of rotatable bonds is 14. The van der Waals surface area contributed by atoms with E-state index in [9.17, 15) is 14.7 Å². The van der Waals surface area contributed by atoms with Gasteiger partial charge in [0.15, 0.2) is 11.6 Å². The Labute approximate surface area is 678 Å². The molecule has 4 atom stereocenters. The highest BCUT2D eigenvalue weighted by molar-refractivity contribution is 14.0. The summed E-state index contributed by atoms with van der Waals surface area (Å²) in [5.74, 6) is 4.04. The number of ether oxygens (including phenoxy) is 5. The van der Waals surface area contributed by atoms with Crippen LogP contribution in [0, 0.1) is 6.92 Å². The van der Waals surface area contributed by atoms with E-state index in [2.05, 4.69) is 81.1 Å². The van der Waals surface area contributed by atoms with Crippen molar-refractivity contribution in [3.63, 3.8) is 0 Å². The van der Waals surface area contributed by atoms with Gasteiger partial charge < -0.3 is 64.9 Å². The van der Waals surface area contributed by atoms with E-state index in [1.807, 2.05) is 122 Å². The van der Waals surface area contributed by atoms with Gasteiger partial charge in [-0.3, -0.25) is 9.59 Å². The fourth-order valence-electron chi connectivity index (χ4n) is 10.6. The van der Waals surface area contributed by atoms with Crippen LogP contribution in [0.4, 0.5) is 5.82 Å². The first-order valence-corrected chi connectivity index (χ1v) is 35.9. The molecule has 0 aliphatic carbocycles. The van der Waals surface area contributed by atoms with Crippen molar-refractivity contribution >= 4 is 177 Å². The number of para-hydroxylation sites is 3. The highest BCUT2D eigenvalue weighted by Crippen LogP contribution is 2.35. The number of carbonyl (C=O) groups is 2. The van der Waals surface area contributed by atoms with Gasteiger partial charge in [0.25, 0.3) is 0 Å². The van der Waals surface area contributed by atoms with Gasteiger partial charge in [-0.05, 0) is 133 Å². The third kappa shape index (κ3) is 23.3. The van der Waals surface area contributed by atoms with E-state index < -0.39 is 0 Å². The molecular formula is C76H66BrCl6IN14O11. The highest BCUT2D eigenvalue weighted by atomic mass is 127. The molecule has 0 bridgehead atoms. The molecule has 6 aromatic carbocycles. The second-order valence-electron chi connectivity index (χ2n) is 23.4. The zero-order chi connectivity index (χ0) is 76.5. The monoisotopic (exact) mass is 1770 g/mol. The number of aryl methyl sites for hydroxylation is 1. The summed E-state index contributed by atoms with van der Waals surface area (Å²) in [5, 5.41) is 26.5. The standard InChI is InChI=1S/C25H23ClN4O4.C19H11Cl2N3O2.C13H11ClO.C6H3BrClN3.C6H4ClN3.C6H13NO2.CO2.HI/c26-21-10-17(34-16-4-2-1-3-5-16)8-9-19(21)23(32)20-11-27-24-22(20)25(29-14-28-24)30-15-6-7-18(12-31)33-13-15;20-15-8-12(26-11-4-2-1-3-5-11)6-7-13(15)17(25)14-9-22-19-16(14)18(21)23-10-24-19;1-10-7-8-12(9-13(10)14)15-11-5-3-2-4-6-11;7-3-1-9-6-4(3)5(8)10-2-11-6;7-5-4-1-2-8-6(4)10-3-9-5;7-5-1-2-6(3-8)9-4-5;2-1-3;/h1-5,8-11,14-15,18,31H,6-7,12-13H2,(H2,27,28,29,30);1-10H,(H,22,23,24);2-9H,1H3;1-2H,(H,9,10,11);1-3H,(H,8,9,10);5-6,8H,1-4,7H2;;1H/t15-,18+;;;;;5-,6+;;/m1....1../s1. The molecule has 2 aliphatic heterocycles. The molecule has 8 aromatic heterocycles. The normalized spacial score (nSPS) is 14.7. The Balaban J connectivity index is 0.000000160. The maximum Gasteiger partial charge on any atom is 0.373 e. The lowest BCUT2D eigenvalue weighted by atomic mass is 10.0. The Morgan fingerprint density at radius 3 is 1.39 bits per heavy atom. The van der Waals surface area contributed by atoms with Gasteiger partial charge in [0.1, 0.15) is 104 Å². The molecule has 2 aliphatic rings. The number of hydrogen-bond acceptors (Lipinski definition) is 21. The summed E-state index contributed by atoms with van der Waals surface area (Å²) in [5.41, 5.74) is 10.6. The summed E-state index contributed by atoms with van der Waals surface area (Å²) < 4.78 is 28.9. The number of nitrogens with zero attached hydrogens (tertiary/aromatic N) is 8. The van der Waals surface area contributed by atoms with Crippen molar-refractivity contribution in [1.29, 1.82) is 0 Å². The van der Waals surface area contributed by atoms with E-state index >= 15 is 0 Å². The number of anilines is 1. The van der Waals surface area contributed by atoms with Crippen LogP contribution >= 0.6 is 110 Å². The topological polar surface area (TPSA) is 359 Å². The molecule has 10 heterocycles. The van der Waals surface area contributed by atoms with E-state index in [0.717, 1.165) is 74.3 Å². The second-order valence-corrected chi connectivity index (χ2v) is 26.5. The first-order valence-electron chi connectivity index (χ1n) is 32.9. The predicted molar refractivity (Wildman–Crippen MR) is 432 cm³/mol. The predicted octanol–water partition coefficient (Wildman–Crippen LogP) is 17.8. The Morgan fingerprint density at radius 1 is 0.505 bits per heavy atom. The van der Waals surface area contributed by atoms with Crippen LogP contribution in [-0.4, -0.2) is 138 Å². The summed E-state index contributed by atoms with van der Waals surface area (Å²) in [6, 6.07) is 46.0. The number of aliphatic hydroxyl groups excluding tert-OH is 2. The van der Waals surface area contributed by atoms with Crippen LogP contribution in [0.2, 0.25) is 30.5 Å². The Hall–Kier alpha value is -9.53. The van der Waals surface area contributed by atoms with Crippen LogP contribution in [0.5, 0.6) is 34.5 Å². The molecule has 33 heteroatoms. The average Bonchev–Trinajstić information content (AvgIpc) is 1.64. The molecule has 0 unspecified atom stereocenters. The van der Waals surface area contributed by atoms with Gasteiger partial charge in [-0.1, -0.05) is 130 Å². The van der Waals surface area contributed by atoms with Crippen LogP contribution in [-0.2, 0) is 19.1 Å². The number of H-pyrrole nitrogens is 4. The summed E-state index contributed by atoms with van der Waals surface area (Å²) in [7, 11) is 0. The van der Waals surface area contributed by atoms with E-state index in [0.29, 0.717) is 96.7 Å². The fourth-order valence-corrected chi connectivity index (χ4v) is 12.6. The van der Waals surface area contributed by atoms with Crippen molar-refractivity contribution in [1.82, 2.24) is 59.8 Å². The zero-order valence-corrected chi connectivity index (χ0v) is 65.7. The Kier molecular flexibility index (Phi) is 32.1. The lowest BCUT2D eigenvalue weighted by Crippen LogP contribution is -2.36. The first-order chi connectivity index (χ1) is 52.4. The van der Waals surface area contributed by atoms with Crippen LogP contribution in [0.15, 0.2) is 206 Å². The molecule has 0 spiro atoms. The molecule has 562 valence electrons. The minimum Gasteiger partial charge on any atom is -0.457 e. The van der Waals surface area contributed by atoms with Gasteiger partial charge in [0, 0.05) is 63.6 Å². The molecule has 109 heavy (non-hydrogen) atoms. The smallest absolute Gasteiger partial charge is 0.373 e. The van der Waals surface area contributed by atoms with E-state index in [1.54, 1.807) is 61.2 Å². The molecule has 2 saturated heterocycles. The third-order valence-electron chi connectivity index (χ3n) is 16.0. The van der Waals surface area contributed by atoms with E-state index in [1.165, 1.54) is 25.3 Å². The lowest BCUT2D eigenvalue weighted by Gasteiger charge is -2.29. The van der Waals surface area contributed by atoms with E-state index in [-0.39, 0.29) is 94.4 Å². The number of benzene rings is 6. The van der Waals surface area contributed by atoms with Crippen LogP contribution in [0.25, 0.3) is 44.1 Å². The maximum absolute atomic E-state index is 13.5. The fraction of sp³-hybridized carbons (Fsp3) is 0.171. The molecule has 9 N–H and O–H groups in total. The van der Waals surface area contributed by atoms with Gasteiger partial charge in [0.05, 0.1) is 87.4 Å². The lowest BCUT2D eigenvalue weighted by molar-refractivity contribution is -0.191. The molecule has 0 saturated carbocycles. The SMILES string of the molecule is Cc1ccc(Oc2ccccc2)cc1Cl.Clc1ncnc2[nH]cc(Br)c12.Clc1ncnc2[nH]ccc12.I.N[C@@H]1CC[C@@H](CO)OC1.O=C(c1ccc(Oc2ccccc2)cc1Cl)c1c[nH]c2ncnc(Cl)c12.O=C(c1ccc(Oc2ccccc2)cc1Cl)c1c[nH]c2ncnc(N[C@@H]3CC[C@@H](CO)OC3)c12.O=C=O. The quantitative estimate of drug-likeness (QED) is 0.0285. The molecule has 14 aromatic rings. The number of nitrogens with one attached hydrogen (secondary N) is 5. The van der Waals surface area contributed by atoms with Crippen molar-refractivity contribution in [2.75, 3.05) is 31.7 Å². The van der Waals surface area contributed by atoms with E-state index in [4.69, 9.17) is 114 Å². The average molecular weight is 1770 g/mol. The number of fused-ring (bicyclic) bond motifs is 4.